The number of rotatable bonds is 7. The van der Waals surface area contributed by atoms with Crippen LogP contribution in [-0.4, -0.2) is 7.11 Å². The molecular weight excluding hydrogens is 417 g/mol. The van der Waals surface area contributed by atoms with E-state index in [2.05, 4.69) is 24.4 Å². The summed E-state index contributed by atoms with van der Waals surface area (Å²) in [7, 11) is 1.61. The first-order chi connectivity index (χ1) is 13.5. The number of hydrogen-bond donors (Lipinski definition) is 1. The van der Waals surface area contributed by atoms with Crippen molar-refractivity contribution >= 4 is 40.5 Å². The second-order valence-electron chi connectivity index (χ2n) is 6.35. The number of benzene rings is 3. The molecule has 3 aromatic rings. The molecule has 0 amide bonds. The second-order valence-corrected chi connectivity index (χ2v) is 7.60. The molecule has 1 N–H and O–H groups in total. The largest absolute Gasteiger partial charge is 0.493 e. The van der Waals surface area contributed by atoms with Gasteiger partial charge in [-0.3, -0.25) is 0 Å². The van der Waals surface area contributed by atoms with Gasteiger partial charge in [0.1, 0.15) is 6.61 Å². The topological polar surface area (TPSA) is 30.5 Å². The predicted octanol–water partition coefficient (Wildman–Crippen LogP) is 7.15. The second kappa shape index (κ2) is 9.42. The van der Waals surface area contributed by atoms with Crippen molar-refractivity contribution in [2.45, 2.75) is 20.1 Å². The molecule has 0 aromatic heterocycles. The Kier molecular flexibility index (Phi) is 6.95. The average molecular weight is 437 g/mol. The van der Waals surface area contributed by atoms with Gasteiger partial charge in [0.05, 0.1) is 17.8 Å². The summed E-state index contributed by atoms with van der Waals surface area (Å²) in [6.07, 6.45) is 0. The highest BCUT2D eigenvalue weighted by atomic mass is 35.5. The normalized spacial score (nSPS) is 10.6. The first-order valence-corrected chi connectivity index (χ1v) is 9.83. The standard InChI is InChI=1S/C22H20Cl3NO2/c1-14-4-3-5-15(8-14)13-28-22-11-18(24)16(9-21(22)27-2)12-26-20-7-6-17(23)10-19(20)25/h3-11,26H,12-13H2,1-2H3. The van der Waals surface area contributed by atoms with E-state index in [9.17, 15) is 0 Å². The molecule has 0 bridgehead atoms. The molecular formula is C22H20Cl3NO2. The van der Waals surface area contributed by atoms with E-state index in [1.165, 1.54) is 5.56 Å². The molecule has 0 radical (unpaired) electrons. The van der Waals surface area contributed by atoms with E-state index < -0.39 is 0 Å². The van der Waals surface area contributed by atoms with Crippen molar-refractivity contribution in [3.05, 3.63) is 86.4 Å². The van der Waals surface area contributed by atoms with Gasteiger partial charge in [0.15, 0.2) is 11.5 Å². The van der Waals surface area contributed by atoms with Gasteiger partial charge in [0.25, 0.3) is 0 Å². The molecule has 0 atom stereocenters. The van der Waals surface area contributed by atoms with Crippen molar-refractivity contribution in [2.75, 3.05) is 12.4 Å². The van der Waals surface area contributed by atoms with E-state index in [0.29, 0.717) is 39.7 Å². The van der Waals surface area contributed by atoms with Crippen molar-refractivity contribution in [1.82, 2.24) is 0 Å². The third-order valence-corrected chi connectivity index (χ3v) is 5.11. The Bertz CT molecular complexity index is 976. The zero-order chi connectivity index (χ0) is 20.1. The Balaban J connectivity index is 1.73. The lowest BCUT2D eigenvalue weighted by Crippen LogP contribution is -2.03. The minimum atomic E-state index is 0.437. The van der Waals surface area contributed by atoms with Gasteiger partial charge in [-0.15, -0.1) is 0 Å². The van der Waals surface area contributed by atoms with E-state index in [1.807, 2.05) is 24.3 Å². The van der Waals surface area contributed by atoms with Crippen LogP contribution in [0.5, 0.6) is 11.5 Å². The van der Waals surface area contributed by atoms with Crippen LogP contribution in [0.2, 0.25) is 15.1 Å². The molecule has 0 aliphatic rings. The highest BCUT2D eigenvalue weighted by Gasteiger charge is 2.12. The van der Waals surface area contributed by atoms with Crippen LogP contribution in [0.25, 0.3) is 0 Å². The van der Waals surface area contributed by atoms with Crippen LogP contribution < -0.4 is 14.8 Å². The van der Waals surface area contributed by atoms with Crippen LogP contribution in [0.1, 0.15) is 16.7 Å². The van der Waals surface area contributed by atoms with Crippen LogP contribution in [0.4, 0.5) is 5.69 Å². The van der Waals surface area contributed by atoms with Crippen molar-refractivity contribution < 1.29 is 9.47 Å². The highest BCUT2D eigenvalue weighted by Crippen LogP contribution is 2.35. The van der Waals surface area contributed by atoms with E-state index >= 15 is 0 Å². The number of aryl methyl sites for hydroxylation is 1. The highest BCUT2D eigenvalue weighted by molar-refractivity contribution is 6.36. The molecule has 0 aliphatic heterocycles. The molecule has 0 saturated heterocycles. The van der Waals surface area contributed by atoms with Crippen molar-refractivity contribution in [3.8, 4) is 11.5 Å². The fourth-order valence-electron chi connectivity index (χ4n) is 2.77. The van der Waals surface area contributed by atoms with E-state index in [4.69, 9.17) is 44.3 Å². The van der Waals surface area contributed by atoms with Gasteiger partial charge in [0.2, 0.25) is 0 Å². The zero-order valence-corrected chi connectivity index (χ0v) is 17.8. The lowest BCUT2D eigenvalue weighted by Gasteiger charge is -2.15. The molecule has 3 nitrogen and oxygen atoms in total. The Hall–Kier alpha value is -2.07. The molecule has 0 saturated carbocycles. The molecule has 3 aromatic carbocycles. The van der Waals surface area contributed by atoms with Gasteiger partial charge in [0, 0.05) is 22.7 Å². The van der Waals surface area contributed by atoms with Crippen LogP contribution >= 0.6 is 34.8 Å². The number of hydrogen-bond acceptors (Lipinski definition) is 3. The maximum atomic E-state index is 6.47. The first kappa shape index (κ1) is 20.7. The number of methoxy groups -OCH3 is 1. The van der Waals surface area contributed by atoms with Crippen LogP contribution in [0.3, 0.4) is 0 Å². The van der Waals surface area contributed by atoms with Gasteiger partial charge in [-0.2, -0.15) is 0 Å². The van der Waals surface area contributed by atoms with E-state index in [-0.39, 0.29) is 0 Å². The van der Waals surface area contributed by atoms with E-state index in [1.54, 1.807) is 25.3 Å². The minimum absolute atomic E-state index is 0.437. The quantitative estimate of drug-likeness (QED) is 0.426. The maximum absolute atomic E-state index is 6.47. The zero-order valence-electron chi connectivity index (χ0n) is 15.6. The lowest BCUT2D eigenvalue weighted by molar-refractivity contribution is 0.284. The summed E-state index contributed by atoms with van der Waals surface area (Å²) in [6.45, 7) is 2.97. The van der Waals surface area contributed by atoms with Crippen molar-refractivity contribution in [2.24, 2.45) is 0 Å². The summed E-state index contributed by atoms with van der Waals surface area (Å²) in [5, 5.41) is 4.98. The fourth-order valence-corrected chi connectivity index (χ4v) is 3.47. The molecule has 0 aliphatic carbocycles. The monoisotopic (exact) mass is 435 g/mol. The Morgan fingerprint density at radius 3 is 2.43 bits per heavy atom. The lowest BCUT2D eigenvalue weighted by atomic mass is 10.1. The number of ether oxygens (including phenoxy) is 2. The molecule has 146 valence electrons. The Morgan fingerprint density at radius 2 is 1.71 bits per heavy atom. The van der Waals surface area contributed by atoms with E-state index in [0.717, 1.165) is 16.8 Å². The van der Waals surface area contributed by atoms with Gasteiger partial charge in [-0.1, -0.05) is 64.6 Å². The van der Waals surface area contributed by atoms with Crippen molar-refractivity contribution in [3.63, 3.8) is 0 Å². The number of halogens is 3. The molecule has 28 heavy (non-hydrogen) atoms. The van der Waals surface area contributed by atoms with Crippen LogP contribution in [-0.2, 0) is 13.2 Å². The first-order valence-electron chi connectivity index (χ1n) is 8.70. The summed E-state index contributed by atoms with van der Waals surface area (Å²) in [6, 6.07) is 17.1. The fraction of sp³-hybridized carbons (Fsp3) is 0.182. The number of anilines is 1. The SMILES string of the molecule is COc1cc(CNc2ccc(Cl)cc2Cl)c(Cl)cc1OCc1cccc(C)c1. The third-order valence-electron chi connectivity index (χ3n) is 4.21. The Labute approximate surface area is 180 Å². The van der Waals surface area contributed by atoms with Crippen molar-refractivity contribution in [1.29, 1.82) is 0 Å². The summed E-state index contributed by atoms with van der Waals surface area (Å²) in [5.74, 6) is 1.22. The molecule has 0 unspecified atom stereocenters. The maximum Gasteiger partial charge on any atom is 0.163 e. The molecule has 0 fully saturated rings. The predicted molar refractivity (Wildman–Crippen MR) is 117 cm³/mol. The van der Waals surface area contributed by atoms with Gasteiger partial charge in [-0.25, -0.2) is 0 Å². The van der Waals surface area contributed by atoms with Gasteiger partial charge < -0.3 is 14.8 Å². The summed E-state index contributed by atoms with van der Waals surface area (Å²) < 4.78 is 11.4. The summed E-state index contributed by atoms with van der Waals surface area (Å²) >= 11 is 18.6. The molecule has 6 heteroatoms. The third kappa shape index (κ3) is 5.26. The molecule has 3 rings (SSSR count). The van der Waals surface area contributed by atoms with Crippen LogP contribution in [0, 0.1) is 6.92 Å². The molecule has 0 spiro atoms. The summed E-state index contributed by atoms with van der Waals surface area (Å²) in [5.41, 5.74) is 3.92. The summed E-state index contributed by atoms with van der Waals surface area (Å²) in [4.78, 5) is 0. The minimum Gasteiger partial charge on any atom is -0.493 e. The van der Waals surface area contributed by atoms with Gasteiger partial charge >= 0.3 is 0 Å². The smallest absolute Gasteiger partial charge is 0.163 e. The number of nitrogens with one attached hydrogen (secondary N) is 1. The average Bonchev–Trinajstić information content (AvgIpc) is 2.66. The molecule has 0 heterocycles. The van der Waals surface area contributed by atoms with Crippen LogP contribution in [0.15, 0.2) is 54.6 Å². The van der Waals surface area contributed by atoms with Gasteiger partial charge in [-0.05, 0) is 42.3 Å². The Morgan fingerprint density at radius 1 is 0.893 bits per heavy atom.